The van der Waals surface area contributed by atoms with Crippen molar-refractivity contribution in [2.45, 2.75) is 44.8 Å². The number of nitrogens with one attached hydrogen (secondary N) is 2. The number of amides is 2. The molecule has 2 aliphatic rings. The lowest BCUT2D eigenvalue weighted by molar-refractivity contribution is 0.0694. The second-order valence-electron chi connectivity index (χ2n) is 7.47. The van der Waals surface area contributed by atoms with E-state index in [0.717, 1.165) is 25.0 Å². The monoisotopic (exact) mass is 334 g/mol. The van der Waals surface area contributed by atoms with E-state index >= 15 is 0 Å². The first-order chi connectivity index (χ1) is 10.9. The highest BCUT2D eigenvalue weighted by molar-refractivity contribution is 7.99. The zero-order valence-electron chi connectivity index (χ0n) is 13.9. The summed E-state index contributed by atoms with van der Waals surface area (Å²) in [4.78, 5) is 12.4. The maximum absolute atomic E-state index is 12.4. The highest BCUT2D eigenvalue weighted by Crippen LogP contribution is 2.43. The largest absolute Gasteiger partial charge is 0.387 e. The molecule has 1 fully saturated rings. The van der Waals surface area contributed by atoms with Gasteiger partial charge in [-0.25, -0.2) is 4.79 Å². The fraction of sp³-hybridized carbons (Fsp3) is 0.611. The Morgan fingerprint density at radius 1 is 1.35 bits per heavy atom. The average molecular weight is 334 g/mol. The van der Waals surface area contributed by atoms with Crippen molar-refractivity contribution in [3.8, 4) is 0 Å². The molecule has 1 aromatic rings. The van der Waals surface area contributed by atoms with Crippen molar-refractivity contribution < 1.29 is 9.90 Å². The van der Waals surface area contributed by atoms with E-state index in [1.54, 1.807) is 11.8 Å². The molecule has 0 radical (unpaired) electrons. The highest BCUT2D eigenvalue weighted by atomic mass is 32.2. The number of carbonyl (C=O) groups is 1. The van der Waals surface area contributed by atoms with Gasteiger partial charge in [-0.2, -0.15) is 11.8 Å². The Labute approximate surface area is 142 Å². The second-order valence-corrected chi connectivity index (χ2v) is 8.58. The Kier molecular flexibility index (Phi) is 4.61. The second kappa shape index (κ2) is 6.36. The standard InChI is InChI=1S/C18H26N2O2S/c1-17(2)8-7-13-5-3-4-6-14(13)15(17)20-16(21)19-11-18(22)9-10-23-12-18/h3-6,15,22H,7-12H2,1-2H3,(H2,19,20,21). The Bertz CT molecular complexity index is 582. The third-order valence-corrected chi connectivity index (χ3v) is 6.36. The van der Waals surface area contributed by atoms with Crippen molar-refractivity contribution in [3.05, 3.63) is 35.4 Å². The summed E-state index contributed by atoms with van der Waals surface area (Å²) in [5, 5.41) is 16.3. The minimum atomic E-state index is -0.748. The summed E-state index contributed by atoms with van der Waals surface area (Å²) >= 11 is 1.74. The van der Waals surface area contributed by atoms with Crippen molar-refractivity contribution in [2.24, 2.45) is 5.41 Å². The lowest BCUT2D eigenvalue weighted by atomic mass is 9.70. The van der Waals surface area contributed by atoms with E-state index in [2.05, 4.69) is 42.7 Å². The number of carbonyl (C=O) groups excluding carboxylic acids is 1. The fourth-order valence-electron chi connectivity index (χ4n) is 3.50. The van der Waals surface area contributed by atoms with Crippen LogP contribution in [0.1, 0.15) is 43.9 Å². The van der Waals surface area contributed by atoms with Crippen molar-refractivity contribution in [1.29, 1.82) is 0 Å². The van der Waals surface area contributed by atoms with E-state index in [1.807, 2.05) is 6.07 Å². The molecule has 23 heavy (non-hydrogen) atoms. The van der Waals surface area contributed by atoms with Crippen LogP contribution in [-0.2, 0) is 6.42 Å². The van der Waals surface area contributed by atoms with Crippen LogP contribution >= 0.6 is 11.8 Å². The van der Waals surface area contributed by atoms with Crippen LogP contribution in [0.15, 0.2) is 24.3 Å². The van der Waals surface area contributed by atoms with Crippen LogP contribution in [0.3, 0.4) is 0 Å². The maximum Gasteiger partial charge on any atom is 0.315 e. The fourth-order valence-corrected chi connectivity index (χ4v) is 4.80. The normalized spacial score (nSPS) is 28.9. The van der Waals surface area contributed by atoms with E-state index in [0.29, 0.717) is 12.3 Å². The number of aryl methyl sites for hydroxylation is 1. The minimum Gasteiger partial charge on any atom is -0.387 e. The lowest BCUT2D eigenvalue weighted by Crippen LogP contribution is -2.50. The highest BCUT2D eigenvalue weighted by Gasteiger charge is 2.37. The van der Waals surface area contributed by atoms with Gasteiger partial charge in [0.05, 0.1) is 11.6 Å². The van der Waals surface area contributed by atoms with Gasteiger partial charge in [-0.15, -0.1) is 0 Å². The molecule has 1 aromatic carbocycles. The molecule has 0 bridgehead atoms. The zero-order chi connectivity index (χ0) is 16.5. The number of thioether (sulfide) groups is 1. The van der Waals surface area contributed by atoms with Gasteiger partial charge in [0.25, 0.3) is 0 Å². The van der Waals surface area contributed by atoms with Gasteiger partial charge in [0.2, 0.25) is 0 Å². The molecule has 1 aliphatic carbocycles. The first-order valence-electron chi connectivity index (χ1n) is 8.32. The molecule has 1 saturated heterocycles. The third kappa shape index (κ3) is 3.66. The third-order valence-electron chi connectivity index (χ3n) is 5.12. The Morgan fingerprint density at radius 2 is 2.13 bits per heavy atom. The molecule has 4 nitrogen and oxygen atoms in total. The van der Waals surface area contributed by atoms with E-state index < -0.39 is 5.60 Å². The SMILES string of the molecule is CC1(C)CCc2ccccc2C1NC(=O)NCC1(O)CCSC1. The Balaban J connectivity index is 1.67. The molecule has 1 heterocycles. The van der Waals surface area contributed by atoms with Gasteiger partial charge >= 0.3 is 6.03 Å². The van der Waals surface area contributed by atoms with Gasteiger partial charge in [-0.05, 0) is 41.6 Å². The summed E-state index contributed by atoms with van der Waals surface area (Å²) in [5.41, 5.74) is 1.81. The number of hydrogen-bond acceptors (Lipinski definition) is 3. The van der Waals surface area contributed by atoms with Gasteiger partial charge in [0.1, 0.15) is 0 Å². The molecule has 2 unspecified atom stereocenters. The predicted octanol–water partition coefficient (Wildman–Crippen LogP) is 2.87. The summed E-state index contributed by atoms with van der Waals surface area (Å²) in [5.74, 6) is 1.66. The van der Waals surface area contributed by atoms with E-state index in [-0.39, 0.29) is 17.5 Å². The molecule has 0 spiro atoms. The van der Waals surface area contributed by atoms with Crippen LogP contribution in [-0.4, -0.2) is 34.8 Å². The molecule has 3 rings (SSSR count). The van der Waals surface area contributed by atoms with Crippen molar-refractivity contribution in [2.75, 3.05) is 18.1 Å². The number of aliphatic hydroxyl groups is 1. The number of fused-ring (bicyclic) bond motifs is 1. The van der Waals surface area contributed by atoms with Crippen molar-refractivity contribution in [1.82, 2.24) is 10.6 Å². The van der Waals surface area contributed by atoms with Crippen LogP contribution in [0.2, 0.25) is 0 Å². The molecule has 0 aromatic heterocycles. The van der Waals surface area contributed by atoms with Crippen molar-refractivity contribution >= 4 is 17.8 Å². The first-order valence-corrected chi connectivity index (χ1v) is 9.47. The predicted molar refractivity (Wildman–Crippen MR) is 94.7 cm³/mol. The number of hydrogen-bond donors (Lipinski definition) is 3. The Morgan fingerprint density at radius 3 is 2.87 bits per heavy atom. The molecular weight excluding hydrogens is 308 g/mol. The molecule has 5 heteroatoms. The van der Waals surface area contributed by atoms with Crippen LogP contribution in [0.5, 0.6) is 0 Å². The topological polar surface area (TPSA) is 61.4 Å². The van der Waals surface area contributed by atoms with Crippen LogP contribution in [0.4, 0.5) is 4.79 Å². The Hall–Kier alpha value is -1.20. The summed E-state index contributed by atoms with van der Waals surface area (Å²) in [6.45, 7) is 4.73. The summed E-state index contributed by atoms with van der Waals surface area (Å²) in [6, 6.07) is 8.16. The molecule has 1 aliphatic heterocycles. The molecule has 126 valence electrons. The van der Waals surface area contributed by atoms with E-state index in [4.69, 9.17) is 0 Å². The number of benzene rings is 1. The van der Waals surface area contributed by atoms with Crippen LogP contribution in [0, 0.1) is 5.41 Å². The first kappa shape index (κ1) is 16.7. The smallest absolute Gasteiger partial charge is 0.315 e. The van der Waals surface area contributed by atoms with E-state index in [9.17, 15) is 9.90 Å². The zero-order valence-corrected chi connectivity index (χ0v) is 14.7. The van der Waals surface area contributed by atoms with E-state index in [1.165, 1.54) is 11.1 Å². The summed E-state index contributed by atoms with van der Waals surface area (Å²) < 4.78 is 0. The maximum atomic E-state index is 12.4. The van der Waals surface area contributed by atoms with Gasteiger partial charge in [0, 0.05) is 12.3 Å². The van der Waals surface area contributed by atoms with Gasteiger partial charge in [-0.3, -0.25) is 0 Å². The average Bonchev–Trinajstić information content (AvgIpc) is 2.95. The number of rotatable bonds is 3. The number of urea groups is 1. The van der Waals surface area contributed by atoms with Gasteiger partial charge in [-0.1, -0.05) is 38.1 Å². The summed E-state index contributed by atoms with van der Waals surface area (Å²) in [7, 11) is 0. The molecule has 3 N–H and O–H groups in total. The quantitative estimate of drug-likeness (QED) is 0.796. The van der Waals surface area contributed by atoms with Gasteiger partial charge in [0.15, 0.2) is 0 Å². The summed E-state index contributed by atoms with van der Waals surface area (Å²) in [6.07, 6.45) is 2.85. The molecular formula is C18H26N2O2S. The van der Waals surface area contributed by atoms with Crippen molar-refractivity contribution in [3.63, 3.8) is 0 Å². The molecule has 0 saturated carbocycles. The van der Waals surface area contributed by atoms with Crippen LogP contribution < -0.4 is 10.6 Å². The molecule has 2 atom stereocenters. The van der Waals surface area contributed by atoms with Crippen LogP contribution in [0.25, 0.3) is 0 Å². The molecule has 2 amide bonds. The minimum absolute atomic E-state index is 0.0000425. The lowest BCUT2D eigenvalue weighted by Gasteiger charge is -2.40. The van der Waals surface area contributed by atoms with Gasteiger partial charge < -0.3 is 15.7 Å².